The van der Waals surface area contributed by atoms with Gasteiger partial charge < -0.3 is 45.8 Å². The van der Waals surface area contributed by atoms with Gasteiger partial charge in [-0.3, -0.25) is 0 Å². The SMILES string of the molecule is NC(CCCC(N)C1CCCO1)C1CCCO1.[Cl-].[Cl-].[Pt+2]. The van der Waals surface area contributed by atoms with Gasteiger partial charge in [-0.1, -0.05) is 6.42 Å². The van der Waals surface area contributed by atoms with E-state index < -0.39 is 0 Å². The van der Waals surface area contributed by atoms with E-state index >= 15 is 0 Å². The Morgan fingerprint density at radius 2 is 1.25 bits per heavy atom. The molecule has 2 heterocycles. The molecule has 0 aliphatic carbocycles. The third-order valence-electron chi connectivity index (χ3n) is 3.96. The zero-order chi connectivity index (χ0) is 12.1. The van der Waals surface area contributed by atoms with Crippen LogP contribution in [0.1, 0.15) is 44.9 Å². The minimum Gasteiger partial charge on any atom is -1.00 e. The van der Waals surface area contributed by atoms with Crippen molar-refractivity contribution in [3.63, 3.8) is 0 Å². The van der Waals surface area contributed by atoms with Gasteiger partial charge in [-0.15, -0.1) is 0 Å². The average molecular weight is 508 g/mol. The molecular weight excluding hydrogens is 482 g/mol. The fourth-order valence-corrected chi connectivity index (χ4v) is 2.84. The van der Waals surface area contributed by atoms with Gasteiger partial charge in [-0.05, 0) is 38.5 Å². The fourth-order valence-electron chi connectivity index (χ4n) is 2.84. The van der Waals surface area contributed by atoms with Crippen LogP contribution in [0.25, 0.3) is 0 Å². The molecule has 0 aromatic rings. The molecule has 0 aromatic carbocycles. The average Bonchev–Trinajstić information content (AvgIpc) is 3.02. The summed E-state index contributed by atoms with van der Waals surface area (Å²) in [5.41, 5.74) is 12.2. The van der Waals surface area contributed by atoms with Crippen LogP contribution in [-0.4, -0.2) is 37.5 Å². The summed E-state index contributed by atoms with van der Waals surface area (Å²) in [6, 6.07) is 0.378. The van der Waals surface area contributed by atoms with Gasteiger partial charge >= 0.3 is 21.1 Å². The predicted octanol–water partition coefficient (Wildman–Crippen LogP) is -4.83. The number of ether oxygens (including phenoxy) is 2. The van der Waals surface area contributed by atoms with Crippen LogP contribution in [0.15, 0.2) is 0 Å². The molecule has 4 unspecified atom stereocenters. The van der Waals surface area contributed by atoms with Gasteiger partial charge in [-0.2, -0.15) is 0 Å². The van der Waals surface area contributed by atoms with Crippen LogP contribution < -0.4 is 36.3 Å². The maximum absolute atomic E-state index is 6.12. The van der Waals surface area contributed by atoms with Gasteiger partial charge in [0, 0.05) is 25.3 Å². The van der Waals surface area contributed by atoms with E-state index in [2.05, 4.69) is 0 Å². The zero-order valence-electron chi connectivity index (χ0n) is 11.7. The van der Waals surface area contributed by atoms with E-state index in [9.17, 15) is 0 Å². The first-order valence-corrected chi connectivity index (χ1v) is 7.02. The molecule has 2 aliphatic rings. The summed E-state index contributed by atoms with van der Waals surface area (Å²) in [7, 11) is 0. The third kappa shape index (κ3) is 7.40. The number of halogens is 2. The first-order chi connectivity index (χ1) is 8.27. The van der Waals surface area contributed by atoms with Crippen LogP contribution in [0.3, 0.4) is 0 Å². The molecule has 20 heavy (non-hydrogen) atoms. The quantitative estimate of drug-likeness (QED) is 0.378. The Kier molecular flexibility index (Phi) is 14.8. The van der Waals surface area contributed by atoms with Crippen molar-refractivity contribution in [1.82, 2.24) is 0 Å². The maximum atomic E-state index is 6.12. The Morgan fingerprint density at radius 3 is 1.55 bits per heavy atom. The Morgan fingerprint density at radius 1 is 0.850 bits per heavy atom. The van der Waals surface area contributed by atoms with Gasteiger partial charge in [-0.25, -0.2) is 0 Å². The summed E-state index contributed by atoms with van der Waals surface area (Å²) in [5, 5.41) is 0. The molecule has 2 fully saturated rings. The van der Waals surface area contributed by atoms with Crippen LogP contribution in [0.5, 0.6) is 0 Å². The summed E-state index contributed by atoms with van der Waals surface area (Å²) >= 11 is 0. The van der Waals surface area contributed by atoms with Gasteiger partial charge in [0.05, 0.1) is 12.2 Å². The topological polar surface area (TPSA) is 70.5 Å². The first-order valence-electron chi connectivity index (χ1n) is 7.02. The first kappa shape index (κ1) is 23.4. The summed E-state index contributed by atoms with van der Waals surface area (Å²) < 4.78 is 11.2. The van der Waals surface area contributed by atoms with E-state index in [0.717, 1.165) is 58.2 Å². The number of hydrogen-bond acceptors (Lipinski definition) is 4. The molecule has 2 rings (SSSR count). The zero-order valence-corrected chi connectivity index (χ0v) is 15.5. The Labute approximate surface area is 149 Å². The Bertz CT molecular complexity index is 206. The molecule has 0 radical (unpaired) electrons. The second-order valence-electron chi connectivity index (χ2n) is 5.36. The molecule has 0 spiro atoms. The van der Waals surface area contributed by atoms with Gasteiger partial charge in [0.25, 0.3) is 0 Å². The van der Waals surface area contributed by atoms with Crippen molar-refractivity contribution in [1.29, 1.82) is 0 Å². The van der Waals surface area contributed by atoms with E-state index in [4.69, 9.17) is 20.9 Å². The van der Waals surface area contributed by atoms with Crippen LogP contribution in [0.2, 0.25) is 0 Å². The fraction of sp³-hybridized carbons (Fsp3) is 1.00. The van der Waals surface area contributed by atoms with Crippen LogP contribution >= 0.6 is 0 Å². The van der Waals surface area contributed by atoms with Gasteiger partial charge in [0.1, 0.15) is 0 Å². The molecule has 4 N–H and O–H groups in total. The van der Waals surface area contributed by atoms with E-state index in [-0.39, 0.29) is 70.2 Å². The summed E-state index contributed by atoms with van der Waals surface area (Å²) in [5.74, 6) is 0. The Balaban J connectivity index is 0. The predicted molar refractivity (Wildman–Crippen MR) is 67.7 cm³/mol. The second-order valence-corrected chi connectivity index (χ2v) is 5.36. The van der Waals surface area contributed by atoms with Gasteiger partial charge in [0.2, 0.25) is 0 Å². The summed E-state index contributed by atoms with van der Waals surface area (Å²) in [6.45, 7) is 1.77. The van der Waals surface area contributed by atoms with E-state index in [0.29, 0.717) is 0 Å². The minimum atomic E-state index is 0. The number of rotatable bonds is 6. The molecule has 2 aliphatic heterocycles. The standard InChI is InChI=1S/C13H26N2O2.2ClH.Pt/c14-10(12-6-2-8-16-12)4-1-5-11(15)13-7-3-9-17-13;;;/h10-13H,1-9,14-15H2;2*1H;/q;;;+2/p-2. The number of nitrogens with two attached hydrogens (primary N) is 2. The van der Waals surface area contributed by atoms with Crippen molar-refractivity contribution >= 4 is 0 Å². The molecule has 4 atom stereocenters. The monoisotopic (exact) mass is 507 g/mol. The van der Waals surface area contributed by atoms with Crippen molar-refractivity contribution in [2.45, 2.75) is 69.2 Å². The Hall–Kier alpha value is 1.11. The van der Waals surface area contributed by atoms with E-state index in [1.807, 2.05) is 0 Å². The third-order valence-corrected chi connectivity index (χ3v) is 3.96. The molecule has 2 saturated heterocycles. The smallest absolute Gasteiger partial charge is 1.00 e. The molecule has 0 saturated carbocycles. The van der Waals surface area contributed by atoms with Crippen molar-refractivity contribution in [2.24, 2.45) is 11.5 Å². The maximum Gasteiger partial charge on any atom is 2.00 e. The normalized spacial score (nSPS) is 27.9. The van der Waals surface area contributed by atoms with Crippen LogP contribution in [-0.2, 0) is 30.5 Å². The van der Waals surface area contributed by atoms with Crippen molar-refractivity contribution < 1.29 is 55.4 Å². The molecule has 0 aromatic heterocycles. The van der Waals surface area contributed by atoms with Crippen molar-refractivity contribution in [3.8, 4) is 0 Å². The van der Waals surface area contributed by atoms with Crippen molar-refractivity contribution in [2.75, 3.05) is 13.2 Å². The van der Waals surface area contributed by atoms with E-state index in [1.54, 1.807) is 0 Å². The molecule has 0 amide bonds. The van der Waals surface area contributed by atoms with Gasteiger partial charge in [0.15, 0.2) is 0 Å². The summed E-state index contributed by atoms with van der Waals surface area (Å²) in [4.78, 5) is 0. The second kappa shape index (κ2) is 12.6. The van der Waals surface area contributed by atoms with E-state index in [1.165, 1.54) is 0 Å². The van der Waals surface area contributed by atoms with Crippen molar-refractivity contribution in [3.05, 3.63) is 0 Å². The van der Waals surface area contributed by atoms with Crippen LogP contribution in [0, 0.1) is 0 Å². The minimum absolute atomic E-state index is 0. The molecular formula is C13H26Cl2N2O2Pt. The summed E-state index contributed by atoms with van der Waals surface area (Å²) in [6.07, 6.45) is 8.26. The largest absolute Gasteiger partial charge is 2.00 e. The number of hydrogen-bond donors (Lipinski definition) is 2. The molecule has 124 valence electrons. The molecule has 7 heteroatoms. The molecule has 0 bridgehead atoms. The van der Waals surface area contributed by atoms with Crippen LogP contribution in [0.4, 0.5) is 0 Å². The molecule has 4 nitrogen and oxygen atoms in total.